The van der Waals surface area contributed by atoms with Crippen LogP contribution in [0.25, 0.3) is 32.3 Å². The molecule has 0 heterocycles. The number of aliphatic hydroxyl groups is 2. The first kappa shape index (κ1) is 49.4. The van der Waals surface area contributed by atoms with Gasteiger partial charge >= 0.3 is 0 Å². The minimum atomic E-state index is 0.289. The average molecular weight is 829 g/mol. The Morgan fingerprint density at radius 1 is 0.300 bits per heavy atom. The second-order valence-corrected chi connectivity index (χ2v) is 17.3. The van der Waals surface area contributed by atoms with E-state index in [0.717, 1.165) is 139 Å². The van der Waals surface area contributed by atoms with Crippen LogP contribution in [-0.4, -0.2) is 49.9 Å². The fourth-order valence-electron chi connectivity index (χ4n) is 8.44. The number of rotatable bonds is 36. The molecule has 0 bridgehead atoms. The zero-order valence-corrected chi connectivity index (χ0v) is 38.6. The molecular weight excluding hydrogens is 745 g/mol. The number of hydrogen-bond acceptors (Lipinski definition) is 6. The lowest BCUT2D eigenvalue weighted by molar-refractivity contribution is 0.260. The Morgan fingerprint density at radius 2 is 0.567 bits per heavy atom. The summed E-state index contributed by atoms with van der Waals surface area (Å²) in [6.07, 6.45) is 28.7. The highest BCUT2D eigenvalue weighted by Crippen LogP contribution is 2.45. The van der Waals surface area contributed by atoms with Gasteiger partial charge in [0.05, 0.1) is 26.4 Å². The number of fused-ring (bicyclic) bond motifs is 6. The van der Waals surface area contributed by atoms with E-state index in [-0.39, 0.29) is 13.2 Å². The average Bonchev–Trinajstić information content (AvgIpc) is 3.26. The first-order valence-corrected chi connectivity index (χ1v) is 24.9. The molecular formula is C54H84O6. The topological polar surface area (TPSA) is 77.4 Å². The van der Waals surface area contributed by atoms with Crippen molar-refractivity contribution in [2.75, 3.05) is 39.6 Å². The van der Waals surface area contributed by atoms with Gasteiger partial charge in [0.2, 0.25) is 0 Å². The predicted molar refractivity (Wildman–Crippen MR) is 256 cm³/mol. The molecule has 0 saturated heterocycles. The third-order valence-corrected chi connectivity index (χ3v) is 12.1. The summed E-state index contributed by atoms with van der Waals surface area (Å²) in [6, 6.07) is 14.1. The van der Waals surface area contributed by atoms with Gasteiger partial charge in [-0.25, -0.2) is 0 Å². The van der Waals surface area contributed by atoms with E-state index >= 15 is 0 Å². The van der Waals surface area contributed by atoms with Crippen LogP contribution in [0.5, 0.6) is 23.0 Å². The lowest BCUT2D eigenvalue weighted by Gasteiger charge is -2.21. The molecule has 0 fully saturated rings. The van der Waals surface area contributed by atoms with Crippen LogP contribution in [0.2, 0.25) is 0 Å². The van der Waals surface area contributed by atoms with Gasteiger partial charge < -0.3 is 29.2 Å². The van der Waals surface area contributed by atoms with Crippen molar-refractivity contribution in [2.24, 2.45) is 0 Å². The van der Waals surface area contributed by atoms with Crippen LogP contribution in [0.1, 0.15) is 193 Å². The molecule has 0 unspecified atom stereocenters. The molecule has 336 valence electrons. The smallest absolute Gasteiger partial charge is 0.161 e. The second kappa shape index (κ2) is 29.9. The van der Waals surface area contributed by atoms with Gasteiger partial charge in [0.1, 0.15) is 11.5 Å². The molecule has 0 radical (unpaired) electrons. The molecule has 0 saturated carbocycles. The number of aliphatic hydroxyl groups excluding tert-OH is 2. The first-order chi connectivity index (χ1) is 29.6. The number of benzene rings is 4. The van der Waals surface area contributed by atoms with E-state index in [0.29, 0.717) is 13.2 Å². The molecule has 0 spiro atoms. The Labute approximate surface area is 365 Å². The van der Waals surface area contributed by atoms with Gasteiger partial charge in [0.25, 0.3) is 0 Å². The Kier molecular flexibility index (Phi) is 24.7. The van der Waals surface area contributed by atoms with E-state index in [9.17, 15) is 10.2 Å². The molecule has 6 heteroatoms. The first-order valence-electron chi connectivity index (χ1n) is 24.9. The van der Waals surface area contributed by atoms with Crippen LogP contribution in [-0.2, 0) is 12.8 Å². The zero-order valence-electron chi connectivity index (χ0n) is 38.6. The fraction of sp³-hybridized carbons (Fsp3) is 0.667. The molecule has 4 aromatic rings. The van der Waals surface area contributed by atoms with Crippen molar-refractivity contribution in [1.29, 1.82) is 0 Å². The van der Waals surface area contributed by atoms with Crippen LogP contribution in [0, 0.1) is 0 Å². The van der Waals surface area contributed by atoms with Gasteiger partial charge in [-0.05, 0) is 144 Å². The van der Waals surface area contributed by atoms with Gasteiger partial charge in [-0.15, -0.1) is 0 Å². The molecule has 0 aliphatic rings. The van der Waals surface area contributed by atoms with Crippen molar-refractivity contribution < 1.29 is 29.2 Å². The number of aryl methyl sites for hydroxylation is 2. The summed E-state index contributed by atoms with van der Waals surface area (Å²) >= 11 is 0. The molecule has 60 heavy (non-hydrogen) atoms. The summed E-state index contributed by atoms with van der Waals surface area (Å²) in [5.41, 5.74) is 2.57. The fourth-order valence-corrected chi connectivity index (χ4v) is 8.44. The van der Waals surface area contributed by atoms with E-state index in [2.05, 4.69) is 64.1 Å². The van der Waals surface area contributed by atoms with E-state index in [4.69, 9.17) is 18.9 Å². The van der Waals surface area contributed by atoms with Crippen molar-refractivity contribution in [3.05, 3.63) is 47.5 Å². The maximum absolute atomic E-state index is 9.25. The highest BCUT2D eigenvalue weighted by Gasteiger charge is 2.20. The van der Waals surface area contributed by atoms with E-state index in [1.54, 1.807) is 0 Å². The largest absolute Gasteiger partial charge is 0.493 e. The van der Waals surface area contributed by atoms with Crippen LogP contribution in [0.4, 0.5) is 0 Å². The van der Waals surface area contributed by atoms with E-state index in [1.807, 2.05) is 0 Å². The standard InChI is InChI=1S/C54H84O6/c1-5-9-25-33-57-51-39-47-45(37-43(51)29-21-17-13-15-19-23-31-55)49-41-53(59-35-27-11-7-3)54(60-36-28-12-8-4)42-50(49)46-38-44(30-22-18-14-16-20-24-32-56)52(40-48(46)47)58-34-26-10-6-2/h37-42,55-56H,5-36H2,1-4H3. The monoisotopic (exact) mass is 829 g/mol. The van der Waals surface area contributed by atoms with Crippen LogP contribution in [0.3, 0.4) is 0 Å². The van der Waals surface area contributed by atoms with Crippen molar-refractivity contribution in [3.8, 4) is 23.0 Å². The maximum atomic E-state index is 9.25. The zero-order chi connectivity index (χ0) is 42.6. The van der Waals surface area contributed by atoms with Gasteiger partial charge in [-0.2, -0.15) is 0 Å². The minimum absolute atomic E-state index is 0.289. The molecule has 6 nitrogen and oxygen atoms in total. The molecule has 0 amide bonds. The molecule has 4 rings (SSSR count). The third kappa shape index (κ3) is 16.2. The minimum Gasteiger partial charge on any atom is -0.493 e. The van der Waals surface area contributed by atoms with Gasteiger partial charge in [0.15, 0.2) is 11.5 Å². The van der Waals surface area contributed by atoms with E-state index in [1.165, 1.54) is 108 Å². The normalized spacial score (nSPS) is 11.6. The van der Waals surface area contributed by atoms with E-state index < -0.39 is 0 Å². The van der Waals surface area contributed by atoms with Crippen molar-refractivity contribution in [3.63, 3.8) is 0 Å². The summed E-state index contributed by atoms with van der Waals surface area (Å²) in [4.78, 5) is 0. The quantitative estimate of drug-likeness (QED) is 0.0351. The van der Waals surface area contributed by atoms with Crippen molar-refractivity contribution in [1.82, 2.24) is 0 Å². The summed E-state index contributed by atoms with van der Waals surface area (Å²) < 4.78 is 26.7. The molecule has 4 aromatic carbocycles. The number of hydrogen-bond donors (Lipinski definition) is 2. The van der Waals surface area contributed by atoms with Crippen LogP contribution < -0.4 is 18.9 Å². The Morgan fingerprint density at radius 3 is 0.883 bits per heavy atom. The van der Waals surface area contributed by atoms with Gasteiger partial charge in [-0.1, -0.05) is 130 Å². The second-order valence-electron chi connectivity index (χ2n) is 17.3. The summed E-state index contributed by atoms with van der Waals surface area (Å²) in [5.74, 6) is 3.72. The maximum Gasteiger partial charge on any atom is 0.161 e. The third-order valence-electron chi connectivity index (χ3n) is 12.1. The molecule has 0 aliphatic heterocycles. The van der Waals surface area contributed by atoms with Gasteiger partial charge in [0, 0.05) is 13.2 Å². The van der Waals surface area contributed by atoms with Crippen molar-refractivity contribution in [2.45, 2.75) is 195 Å². The molecule has 2 N–H and O–H groups in total. The Balaban J connectivity index is 1.92. The molecule has 0 aliphatic carbocycles. The van der Waals surface area contributed by atoms with Gasteiger partial charge in [-0.3, -0.25) is 0 Å². The molecule has 0 atom stereocenters. The number of unbranched alkanes of at least 4 members (excludes halogenated alkanes) is 18. The predicted octanol–water partition coefficient (Wildman–Crippen LogP) is 15.2. The lowest BCUT2D eigenvalue weighted by Crippen LogP contribution is -2.04. The Hall–Kier alpha value is -3.22. The molecule has 0 aromatic heterocycles. The summed E-state index contributed by atoms with van der Waals surface area (Å²) in [6.45, 7) is 12.4. The highest BCUT2D eigenvalue weighted by molar-refractivity contribution is 6.26. The Bertz CT molecular complexity index is 1620. The summed E-state index contributed by atoms with van der Waals surface area (Å²) in [7, 11) is 0. The summed E-state index contributed by atoms with van der Waals surface area (Å²) in [5, 5.41) is 25.8. The number of ether oxygens (including phenoxy) is 4. The lowest BCUT2D eigenvalue weighted by atomic mass is 9.89. The van der Waals surface area contributed by atoms with Crippen LogP contribution >= 0.6 is 0 Å². The highest BCUT2D eigenvalue weighted by atomic mass is 16.5. The van der Waals surface area contributed by atoms with Crippen LogP contribution in [0.15, 0.2) is 36.4 Å². The van der Waals surface area contributed by atoms with Crippen molar-refractivity contribution >= 4 is 32.3 Å². The SMILES string of the molecule is CCCCCOc1cc2c(cc1CCCCCCCCO)c1cc(OCCCCC)c(OCCCCC)cc1c1cc(CCCCCCCCO)c(OCCCCC)cc12.